The summed E-state index contributed by atoms with van der Waals surface area (Å²) >= 11 is 5.87. The summed E-state index contributed by atoms with van der Waals surface area (Å²) in [4.78, 5) is 16.7. The van der Waals surface area contributed by atoms with Crippen molar-refractivity contribution in [2.75, 3.05) is 39.3 Å². The van der Waals surface area contributed by atoms with Crippen LogP contribution in [0.5, 0.6) is 5.75 Å². The first-order chi connectivity index (χ1) is 13.7. The molecule has 2 aromatic heterocycles. The summed E-state index contributed by atoms with van der Waals surface area (Å²) in [5.74, 6) is 1.68. The van der Waals surface area contributed by atoms with Gasteiger partial charge in [-0.1, -0.05) is 16.8 Å². The minimum Gasteiger partial charge on any atom is -0.492 e. The molecule has 0 aliphatic carbocycles. The van der Waals surface area contributed by atoms with E-state index in [9.17, 15) is 4.79 Å². The van der Waals surface area contributed by atoms with E-state index in [0.29, 0.717) is 41.9 Å². The molecule has 0 bridgehead atoms. The molecule has 3 aromatic rings. The molecule has 0 atom stereocenters. The van der Waals surface area contributed by atoms with Gasteiger partial charge < -0.3 is 18.6 Å². The van der Waals surface area contributed by atoms with Crippen molar-refractivity contribution in [1.82, 2.24) is 15.0 Å². The van der Waals surface area contributed by atoms with E-state index < -0.39 is 0 Å². The Morgan fingerprint density at radius 1 is 1.11 bits per heavy atom. The summed E-state index contributed by atoms with van der Waals surface area (Å²) in [7, 11) is 0. The van der Waals surface area contributed by atoms with Gasteiger partial charge in [-0.3, -0.25) is 9.69 Å². The van der Waals surface area contributed by atoms with Crippen LogP contribution in [0.1, 0.15) is 10.5 Å². The highest BCUT2D eigenvalue weighted by atomic mass is 35.5. The van der Waals surface area contributed by atoms with Crippen molar-refractivity contribution >= 4 is 17.5 Å². The quantitative estimate of drug-likeness (QED) is 0.630. The van der Waals surface area contributed by atoms with Gasteiger partial charge in [-0.25, -0.2) is 0 Å². The van der Waals surface area contributed by atoms with Crippen LogP contribution in [0.2, 0.25) is 5.02 Å². The predicted molar refractivity (Wildman–Crippen MR) is 103 cm³/mol. The smallest absolute Gasteiger partial charge is 0.276 e. The molecule has 0 radical (unpaired) electrons. The average molecular weight is 402 g/mol. The van der Waals surface area contributed by atoms with E-state index in [1.165, 1.54) is 0 Å². The maximum Gasteiger partial charge on any atom is 0.276 e. The molecular weight excluding hydrogens is 382 g/mol. The van der Waals surface area contributed by atoms with Crippen LogP contribution in [0.25, 0.3) is 11.5 Å². The molecule has 0 N–H and O–H groups in total. The maximum absolute atomic E-state index is 12.6. The van der Waals surface area contributed by atoms with Crippen LogP contribution in [0.3, 0.4) is 0 Å². The van der Waals surface area contributed by atoms with Gasteiger partial charge in [-0.2, -0.15) is 0 Å². The molecule has 4 rings (SSSR count). The number of halogens is 1. The number of aromatic nitrogens is 1. The first-order valence-corrected chi connectivity index (χ1v) is 9.47. The van der Waals surface area contributed by atoms with Crippen LogP contribution in [-0.4, -0.2) is 60.2 Å². The lowest BCUT2D eigenvalue weighted by atomic mass is 10.2. The highest BCUT2D eigenvalue weighted by molar-refractivity contribution is 6.30. The predicted octanol–water partition coefficient (Wildman–Crippen LogP) is 3.42. The Morgan fingerprint density at radius 3 is 2.61 bits per heavy atom. The number of carbonyl (C=O) groups is 1. The number of hydrogen-bond donors (Lipinski definition) is 0. The van der Waals surface area contributed by atoms with Gasteiger partial charge in [0.25, 0.3) is 5.91 Å². The van der Waals surface area contributed by atoms with E-state index in [0.717, 1.165) is 25.4 Å². The highest BCUT2D eigenvalue weighted by Gasteiger charge is 2.25. The van der Waals surface area contributed by atoms with E-state index in [-0.39, 0.29) is 5.91 Å². The van der Waals surface area contributed by atoms with Crippen molar-refractivity contribution in [3.63, 3.8) is 0 Å². The SMILES string of the molecule is O=C(c1cc(-c2ccco2)on1)N1CCN(CCOc2ccc(Cl)cc2)CC1. The molecule has 1 aromatic carbocycles. The van der Waals surface area contributed by atoms with E-state index in [4.69, 9.17) is 25.3 Å². The zero-order chi connectivity index (χ0) is 19.3. The van der Waals surface area contributed by atoms with Crippen molar-refractivity contribution < 1.29 is 18.5 Å². The van der Waals surface area contributed by atoms with Crippen LogP contribution < -0.4 is 4.74 Å². The van der Waals surface area contributed by atoms with Crippen LogP contribution in [0.4, 0.5) is 0 Å². The van der Waals surface area contributed by atoms with Crippen molar-refractivity contribution in [2.24, 2.45) is 0 Å². The Morgan fingerprint density at radius 2 is 1.89 bits per heavy atom. The molecule has 0 saturated carbocycles. The molecule has 1 amide bonds. The number of piperazine rings is 1. The molecule has 0 spiro atoms. The third-order valence-electron chi connectivity index (χ3n) is 4.64. The summed E-state index contributed by atoms with van der Waals surface area (Å²) in [6, 6.07) is 12.5. The second-order valence-electron chi connectivity index (χ2n) is 6.49. The first kappa shape index (κ1) is 18.6. The Hall–Kier alpha value is -2.77. The lowest BCUT2D eigenvalue weighted by Gasteiger charge is -2.34. The zero-order valence-electron chi connectivity index (χ0n) is 15.2. The van der Waals surface area contributed by atoms with Gasteiger partial charge in [0.1, 0.15) is 12.4 Å². The van der Waals surface area contributed by atoms with E-state index in [1.807, 2.05) is 24.3 Å². The molecule has 146 valence electrons. The molecule has 0 unspecified atom stereocenters. The summed E-state index contributed by atoms with van der Waals surface area (Å²) < 4.78 is 16.2. The summed E-state index contributed by atoms with van der Waals surface area (Å²) in [6.45, 7) is 4.26. The number of amides is 1. The average Bonchev–Trinajstić information content (AvgIpc) is 3.41. The maximum atomic E-state index is 12.6. The summed E-state index contributed by atoms with van der Waals surface area (Å²) in [6.07, 6.45) is 1.55. The third kappa shape index (κ3) is 4.37. The first-order valence-electron chi connectivity index (χ1n) is 9.09. The minimum atomic E-state index is -0.126. The normalized spacial score (nSPS) is 15.0. The standard InChI is InChI=1S/C20H20ClN3O4/c21-15-3-5-16(6-4-15)26-13-11-23-7-9-24(10-8-23)20(25)17-14-19(28-22-17)18-2-1-12-27-18/h1-6,12,14H,7-11,13H2. The van der Waals surface area contributed by atoms with E-state index >= 15 is 0 Å². The molecule has 8 heteroatoms. The lowest BCUT2D eigenvalue weighted by Crippen LogP contribution is -2.49. The fourth-order valence-electron chi connectivity index (χ4n) is 3.07. The Balaban J connectivity index is 1.23. The number of ether oxygens (including phenoxy) is 1. The number of rotatable bonds is 6. The number of nitrogens with zero attached hydrogens (tertiary/aromatic N) is 3. The second-order valence-corrected chi connectivity index (χ2v) is 6.93. The van der Waals surface area contributed by atoms with E-state index in [2.05, 4.69) is 10.1 Å². The Kier molecular flexibility index (Phi) is 5.64. The van der Waals surface area contributed by atoms with Gasteiger partial charge in [0.15, 0.2) is 11.5 Å². The molecule has 1 saturated heterocycles. The van der Waals surface area contributed by atoms with Crippen LogP contribution in [-0.2, 0) is 0 Å². The van der Waals surface area contributed by atoms with Crippen molar-refractivity contribution in [1.29, 1.82) is 0 Å². The molecule has 1 aliphatic rings. The molecule has 1 aliphatic heterocycles. The largest absolute Gasteiger partial charge is 0.492 e. The molecule has 7 nitrogen and oxygen atoms in total. The highest BCUT2D eigenvalue weighted by Crippen LogP contribution is 2.21. The van der Waals surface area contributed by atoms with E-state index in [1.54, 1.807) is 29.4 Å². The number of furan rings is 1. The van der Waals surface area contributed by atoms with Crippen molar-refractivity contribution in [3.05, 3.63) is 59.4 Å². The summed E-state index contributed by atoms with van der Waals surface area (Å²) in [5.41, 5.74) is 0.297. The zero-order valence-corrected chi connectivity index (χ0v) is 16.0. The Labute approximate surface area is 167 Å². The monoisotopic (exact) mass is 401 g/mol. The number of carbonyl (C=O) groups excluding carboxylic acids is 1. The fourth-order valence-corrected chi connectivity index (χ4v) is 3.20. The lowest BCUT2D eigenvalue weighted by molar-refractivity contribution is 0.0610. The summed E-state index contributed by atoms with van der Waals surface area (Å²) in [5, 5.41) is 4.58. The Bertz CT molecular complexity index is 900. The number of hydrogen-bond acceptors (Lipinski definition) is 6. The van der Waals surface area contributed by atoms with Crippen LogP contribution >= 0.6 is 11.6 Å². The molecule has 28 heavy (non-hydrogen) atoms. The van der Waals surface area contributed by atoms with Gasteiger partial charge in [0.2, 0.25) is 5.76 Å². The molecule has 3 heterocycles. The van der Waals surface area contributed by atoms with Gasteiger partial charge >= 0.3 is 0 Å². The van der Waals surface area contributed by atoms with Crippen LogP contribution in [0.15, 0.2) is 57.7 Å². The second kappa shape index (κ2) is 8.50. The minimum absolute atomic E-state index is 0.126. The third-order valence-corrected chi connectivity index (χ3v) is 4.89. The number of benzene rings is 1. The molecular formula is C20H20ClN3O4. The van der Waals surface area contributed by atoms with Gasteiger partial charge in [-0.05, 0) is 36.4 Å². The van der Waals surface area contributed by atoms with Gasteiger partial charge in [0.05, 0.1) is 6.26 Å². The van der Waals surface area contributed by atoms with Crippen molar-refractivity contribution in [2.45, 2.75) is 0 Å². The molecule has 1 fully saturated rings. The topological polar surface area (TPSA) is 72.0 Å². The van der Waals surface area contributed by atoms with Gasteiger partial charge in [0, 0.05) is 43.8 Å². The van der Waals surface area contributed by atoms with Gasteiger partial charge in [-0.15, -0.1) is 0 Å². The van der Waals surface area contributed by atoms with Crippen LogP contribution in [0, 0.1) is 0 Å². The van der Waals surface area contributed by atoms with Crippen molar-refractivity contribution in [3.8, 4) is 17.3 Å². The fraction of sp³-hybridized carbons (Fsp3) is 0.300.